The van der Waals surface area contributed by atoms with Crippen molar-refractivity contribution < 1.29 is 0 Å². The van der Waals surface area contributed by atoms with Crippen LogP contribution in [0.15, 0.2) is 30.6 Å². The number of nitrogens with two attached hydrogens (primary N) is 1. The molecule has 1 aliphatic rings. The molecule has 1 saturated heterocycles. The molecule has 0 saturated carbocycles. The maximum absolute atomic E-state index is 5.90. The van der Waals surface area contributed by atoms with E-state index in [0.29, 0.717) is 5.82 Å². The van der Waals surface area contributed by atoms with E-state index in [2.05, 4.69) is 32.8 Å². The van der Waals surface area contributed by atoms with Crippen LogP contribution in [-0.2, 0) is 12.1 Å². The van der Waals surface area contributed by atoms with Gasteiger partial charge in [0.05, 0.1) is 5.54 Å². The molecule has 0 spiro atoms. The highest BCUT2D eigenvalue weighted by Gasteiger charge is 2.40. The number of hydrogen-bond donors (Lipinski definition) is 1. The SMILES string of the molecule is Cc1cc(N)nc(C2(C)CCCN2Cc2cccnc2)n1. The molecule has 2 aromatic rings. The molecule has 0 aromatic carbocycles. The first-order valence-corrected chi connectivity index (χ1v) is 7.33. The van der Waals surface area contributed by atoms with Crippen molar-refractivity contribution in [2.75, 3.05) is 12.3 Å². The van der Waals surface area contributed by atoms with Crippen LogP contribution >= 0.6 is 0 Å². The van der Waals surface area contributed by atoms with E-state index in [9.17, 15) is 0 Å². The third-order valence-electron chi connectivity index (χ3n) is 4.24. The minimum atomic E-state index is -0.157. The molecule has 3 heterocycles. The van der Waals surface area contributed by atoms with Crippen molar-refractivity contribution in [1.29, 1.82) is 0 Å². The van der Waals surface area contributed by atoms with Gasteiger partial charge in [0.15, 0.2) is 5.82 Å². The molecule has 5 nitrogen and oxygen atoms in total. The zero-order chi connectivity index (χ0) is 14.9. The van der Waals surface area contributed by atoms with Crippen molar-refractivity contribution in [2.24, 2.45) is 0 Å². The lowest BCUT2D eigenvalue weighted by Gasteiger charge is -2.34. The molecule has 0 aliphatic carbocycles. The number of rotatable bonds is 3. The monoisotopic (exact) mass is 283 g/mol. The van der Waals surface area contributed by atoms with Gasteiger partial charge in [-0.05, 0) is 44.9 Å². The first kappa shape index (κ1) is 13.9. The van der Waals surface area contributed by atoms with Crippen LogP contribution < -0.4 is 5.73 Å². The fraction of sp³-hybridized carbons (Fsp3) is 0.438. The third-order valence-corrected chi connectivity index (χ3v) is 4.24. The van der Waals surface area contributed by atoms with E-state index in [4.69, 9.17) is 5.73 Å². The van der Waals surface area contributed by atoms with E-state index >= 15 is 0 Å². The van der Waals surface area contributed by atoms with E-state index < -0.39 is 0 Å². The highest BCUT2D eigenvalue weighted by molar-refractivity contribution is 5.31. The van der Waals surface area contributed by atoms with Gasteiger partial charge in [-0.2, -0.15) is 0 Å². The lowest BCUT2D eigenvalue weighted by molar-refractivity contribution is 0.137. The zero-order valence-electron chi connectivity index (χ0n) is 12.6. The van der Waals surface area contributed by atoms with Crippen molar-refractivity contribution in [3.63, 3.8) is 0 Å². The fourth-order valence-corrected chi connectivity index (χ4v) is 3.07. The fourth-order valence-electron chi connectivity index (χ4n) is 3.07. The van der Waals surface area contributed by atoms with Gasteiger partial charge >= 0.3 is 0 Å². The summed E-state index contributed by atoms with van der Waals surface area (Å²) >= 11 is 0. The Kier molecular flexibility index (Phi) is 3.59. The van der Waals surface area contributed by atoms with E-state index in [1.807, 2.05) is 25.3 Å². The average molecular weight is 283 g/mol. The Bertz CT molecular complexity index is 608. The summed E-state index contributed by atoms with van der Waals surface area (Å²) in [6.07, 6.45) is 5.92. The van der Waals surface area contributed by atoms with Gasteiger partial charge in [0.1, 0.15) is 5.82 Å². The highest BCUT2D eigenvalue weighted by Crippen LogP contribution is 2.37. The Morgan fingerprint density at radius 3 is 2.95 bits per heavy atom. The molecule has 21 heavy (non-hydrogen) atoms. The number of hydrogen-bond acceptors (Lipinski definition) is 5. The topological polar surface area (TPSA) is 67.9 Å². The second-order valence-electron chi connectivity index (χ2n) is 5.92. The molecular weight excluding hydrogens is 262 g/mol. The largest absolute Gasteiger partial charge is 0.384 e. The number of aromatic nitrogens is 3. The van der Waals surface area contributed by atoms with Crippen LogP contribution in [0.3, 0.4) is 0 Å². The molecule has 3 rings (SSSR count). The number of anilines is 1. The van der Waals surface area contributed by atoms with Crippen LogP contribution in [0.4, 0.5) is 5.82 Å². The van der Waals surface area contributed by atoms with E-state index in [0.717, 1.165) is 37.4 Å². The second-order valence-corrected chi connectivity index (χ2v) is 5.92. The standard InChI is InChI=1S/C16H21N5/c1-12-9-14(17)20-15(19-12)16(2)6-4-8-21(16)11-13-5-3-7-18-10-13/h3,5,7,9-10H,4,6,8,11H2,1-2H3,(H2,17,19,20). The molecule has 110 valence electrons. The molecule has 1 atom stereocenters. The van der Waals surface area contributed by atoms with Gasteiger partial charge in [-0.3, -0.25) is 9.88 Å². The number of nitrogen functional groups attached to an aromatic ring is 1. The molecule has 0 bridgehead atoms. The zero-order valence-corrected chi connectivity index (χ0v) is 12.6. The van der Waals surface area contributed by atoms with Gasteiger partial charge in [-0.25, -0.2) is 9.97 Å². The van der Waals surface area contributed by atoms with Crippen molar-refractivity contribution in [3.05, 3.63) is 47.7 Å². The van der Waals surface area contributed by atoms with Crippen molar-refractivity contribution in [3.8, 4) is 0 Å². The summed E-state index contributed by atoms with van der Waals surface area (Å²) in [5.74, 6) is 1.38. The Morgan fingerprint density at radius 1 is 1.38 bits per heavy atom. The number of nitrogens with zero attached hydrogens (tertiary/aromatic N) is 4. The second kappa shape index (κ2) is 5.41. The van der Waals surface area contributed by atoms with Crippen molar-refractivity contribution >= 4 is 5.82 Å². The lowest BCUT2D eigenvalue weighted by atomic mass is 9.97. The summed E-state index contributed by atoms with van der Waals surface area (Å²) in [6, 6.07) is 5.90. The molecule has 0 amide bonds. The quantitative estimate of drug-likeness (QED) is 0.936. The van der Waals surface area contributed by atoms with Gasteiger partial charge < -0.3 is 5.73 Å². The molecule has 0 radical (unpaired) electrons. The number of aryl methyl sites for hydroxylation is 1. The Balaban J connectivity index is 1.91. The van der Waals surface area contributed by atoms with Gasteiger partial charge in [-0.15, -0.1) is 0 Å². The van der Waals surface area contributed by atoms with Gasteiger partial charge in [-0.1, -0.05) is 6.07 Å². The molecule has 1 fully saturated rings. The predicted octanol–water partition coefficient (Wildman–Crippen LogP) is 2.27. The Morgan fingerprint density at radius 2 is 2.24 bits per heavy atom. The Labute approximate surface area is 125 Å². The summed E-state index contributed by atoms with van der Waals surface area (Å²) < 4.78 is 0. The van der Waals surface area contributed by atoms with Crippen LogP contribution in [0, 0.1) is 6.92 Å². The predicted molar refractivity (Wildman–Crippen MR) is 82.4 cm³/mol. The molecule has 5 heteroatoms. The lowest BCUT2D eigenvalue weighted by Crippen LogP contribution is -2.39. The maximum atomic E-state index is 5.90. The van der Waals surface area contributed by atoms with Gasteiger partial charge in [0.2, 0.25) is 0 Å². The van der Waals surface area contributed by atoms with E-state index in [1.54, 1.807) is 6.20 Å². The first-order valence-electron chi connectivity index (χ1n) is 7.33. The molecule has 2 aromatic heterocycles. The van der Waals surface area contributed by atoms with Crippen LogP contribution in [0.2, 0.25) is 0 Å². The Hall–Kier alpha value is -2.01. The molecule has 1 unspecified atom stereocenters. The summed E-state index contributed by atoms with van der Waals surface area (Å²) in [5, 5.41) is 0. The smallest absolute Gasteiger partial charge is 0.150 e. The minimum Gasteiger partial charge on any atom is -0.384 e. The minimum absolute atomic E-state index is 0.157. The van der Waals surface area contributed by atoms with Gasteiger partial charge in [0, 0.05) is 30.7 Å². The molecule has 1 aliphatic heterocycles. The third kappa shape index (κ3) is 2.74. The van der Waals surface area contributed by atoms with E-state index in [-0.39, 0.29) is 5.54 Å². The summed E-state index contributed by atoms with van der Waals surface area (Å²) in [4.78, 5) is 15.7. The van der Waals surface area contributed by atoms with Crippen molar-refractivity contribution in [2.45, 2.75) is 38.8 Å². The number of pyridine rings is 1. The van der Waals surface area contributed by atoms with E-state index in [1.165, 1.54) is 5.56 Å². The number of likely N-dealkylation sites (tertiary alicyclic amines) is 1. The normalized spacial score (nSPS) is 22.6. The molecule has 2 N–H and O–H groups in total. The van der Waals surface area contributed by atoms with Crippen LogP contribution in [0.1, 0.15) is 36.8 Å². The first-order chi connectivity index (χ1) is 10.1. The summed E-state index contributed by atoms with van der Waals surface area (Å²) in [5.41, 5.74) is 7.88. The van der Waals surface area contributed by atoms with Crippen LogP contribution in [0.25, 0.3) is 0 Å². The average Bonchev–Trinajstić information content (AvgIpc) is 2.82. The van der Waals surface area contributed by atoms with Crippen LogP contribution in [0.5, 0.6) is 0 Å². The molecular formula is C16H21N5. The highest BCUT2D eigenvalue weighted by atomic mass is 15.2. The summed E-state index contributed by atoms with van der Waals surface area (Å²) in [6.45, 7) is 6.08. The van der Waals surface area contributed by atoms with Gasteiger partial charge in [0.25, 0.3) is 0 Å². The maximum Gasteiger partial charge on any atom is 0.150 e. The van der Waals surface area contributed by atoms with Crippen molar-refractivity contribution in [1.82, 2.24) is 19.9 Å². The summed E-state index contributed by atoms with van der Waals surface area (Å²) in [7, 11) is 0. The van der Waals surface area contributed by atoms with Crippen LogP contribution in [-0.4, -0.2) is 26.4 Å².